The van der Waals surface area contributed by atoms with Crippen LogP contribution >= 0.6 is 0 Å². The van der Waals surface area contributed by atoms with Gasteiger partial charge in [-0.15, -0.1) is 0 Å². The number of rotatable bonds is 3. The molecule has 4 heteroatoms. The molecule has 0 spiro atoms. The highest BCUT2D eigenvalue weighted by Crippen LogP contribution is 2.42. The largest absolute Gasteiger partial charge is 0.456 e. The lowest BCUT2D eigenvalue weighted by molar-refractivity contribution is 0.667. The van der Waals surface area contributed by atoms with E-state index in [4.69, 9.17) is 18.8 Å². The van der Waals surface area contributed by atoms with Crippen molar-refractivity contribution in [3.63, 3.8) is 0 Å². The number of aromatic nitrogens is 2. The van der Waals surface area contributed by atoms with Crippen molar-refractivity contribution in [3.8, 4) is 33.8 Å². The van der Waals surface area contributed by atoms with Crippen molar-refractivity contribution in [2.24, 2.45) is 0 Å². The second-order valence-electron chi connectivity index (χ2n) is 10.6. The summed E-state index contributed by atoms with van der Waals surface area (Å²) >= 11 is 0. The molecule has 0 saturated heterocycles. The number of nitrogens with zero attached hydrogens (tertiary/aromatic N) is 2. The van der Waals surface area contributed by atoms with E-state index in [-0.39, 0.29) is 0 Å². The highest BCUT2D eigenvalue weighted by Gasteiger charge is 2.21. The fourth-order valence-corrected chi connectivity index (χ4v) is 6.06. The Morgan fingerprint density at radius 1 is 0.452 bits per heavy atom. The lowest BCUT2D eigenvalue weighted by atomic mass is 9.98. The summed E-state index contributed by atoms with van der Waals surface area (Å²) < 4.78 is 12.9. The van der Waals surface area contributed by atoms with Gasteiger partial charge in [-0.2, -0.15) is 0 Å². The molecule has 4 nitrogen and oxygen atoms in total. The summed E-state index contributed by atoms with van der Waals surface area (Å²) in [6.07, 6.45) is 0. The highest BCUT2D eigenvalue weighted by atomic mass is 16.3. The summed E-state index contributed by atoms with van der Waals surface area (Å²) in [5, 5.41) is 5.46. The third-order valence-electron chi connectivity index (χ3n) is 8.09. The van der Waals surface area contributed by atoms with Gasteiger partial charge < -0.3 is 8.83 Å². The van der Waals surface area contributed by atoms with Crippen molar-refractivity contribution in [2.45, 2.75) is 0 Å². The van der Waals surface area contributed by atoms with E-state index >= 15 is 0 Å². The molecule has 0 aliphatic heterocycles. The van der Waals surface area contributed by atoms with Gasteiger partial charge >= 0.3 is 0 Å². The minimum Gasteiger partial charge on any atom is -0.456 e. The standard InChI is InChI=1S/C38H22N2O2/c1-2-10-24(11-3-1)38-39-35-29-13-6-7-15-31(29)42-37(35)36(40-38)30-14-8-16-32-34(30)28-20-19-27(22-33(28)41-32)26-18-17-23-9-4-5-12-25(23)21-26/h1-22H. The molecule has 0 N–H and O–H groups in total. The maximum atomic E-state index is 6.48. The van der Waals surface area contributed by atoms with Crippen LogP contribution in [0.3, 0.4) is 0 Å². The van der Waals surface area contributed by atoms with E-state index in [2.05, 4.69) is 72.8 Å². The van der Waals surface area contributed by atoms with Crippen LogP contribution in [-0.4, -0.2) is 9.97 Å². The number of fused-ring (bicyclic) bond motifs is 7. The molecular weight excluding hydrogens is 516 g/mol. The third-order valence-corrected chi connectivity index (χ3v) is 8.09. The molecule has 0 radical (unpaired) electrons. The number of benzene rings is 6. The number of hydrogen-bond donors (Lipinski definition) is 0. The average Bonchev–Trinajstić information content (AvgIpc) is 3.62. The Morgan fingerprint density at radius 2 is 1.21 bits per heavy atom. The van der Waals surface area contributed by atoms with E-state index in [1.807, 2.05) is 60.7 Å². The third kappa shape index (κ3) is 3.49. The zero-order chi connectivity index (χ0) is 27.6. The van der Waals surface area contributed by atoms with E-state index in [9.17, 15) is 0 Å². The summed E-state index contributed by atoms with van der Waals surface area (Å²) in [6.45, 7) is 0. The fraction of sp³-hybridized carbons (Fsp3) is 0. The van der Waals surface area contributed by atoms with Crippen LogP contribution < -0.4 is 0 Å². The Labute approximate surface area is 240 Å². The van der Waals surface area contributed by atoms with Crippen LogP contribution in [0.15, 0.2) is 142 Å². The van der Waals surface area contributed by atoms with Crippen LogP contribution in [0.4, 0.5) is 0 Å². The molecule has 9 rings (SSSR count). The molecule has 3 aromatic heterocycles. The van der Waals surface area contributed by atoms with Gasteiger partial charge in [0.2, 0.25) is 0 Å². The molecule has 6 aromatic carbocycles. The predicted molar refractivity (Wildman–Crippen MR) is 170 cm³/mol. The van der Waals surface area contributed by atoms with Gasteiger partial charge in [-0.05, 0) is 58.3 Å². The van der Waals surface area contributed by atoms with Gasteiger partial charge in [0.15, 0.2) is 11.4 Å². The number of para-hydroxylation sites is 1. The summed E-state index contributed by atoms with van der Waals surface area (Å²) in [4.78, 5) is 10.1. The van der Waals surface area contributed by atoms with Crippen LogP contribution in [0.1, 0.15) is 0 Å². The van der Waals surface area contributed by atoms with Gasteiger partial charge in [0.25, 0.3) is 0 Å². The minimum absolute atomic E-state index is 0.660. The Hall–Kier alpha value is -5.74. The number of furan rings is 2. The molecule has 9 aromatic rings. The van der Waals surface area contributed by atoms with Crippen LogP contribution in [0.2, 0.25) is 0 Å². The van der Waals surface area contributed by atoms with E-state index in [1.165, 1.54) is 10.8 Å². The van der Waals surface area contributed by atoms with Crippen molar-refractivity contribution in [1.29, 1.82) is 0 Å². The van der Waals surface area contributed by atoms with Gasteiger partial charge in [0, 0.05) is 27.3 Å². The van der Waals surface area contributed by atoms with Gasteiger partial charge in [0.1, 0.15) is 28.0 Å². The van der Waals surface area contributed by atoms with Crippen molar-refractivity contribution in [3.05, 3.63) is 133 Å². The van der Waals surface area contributed by atoms with Crippen molar-refractivity contribution < 1.29 is 8.83 Å². The van der Waals surface area contributed by atoms with E-state index < -0.39 is 0 Å². The first-order valence-corrected chi connectivity index (χ1v) is 14.0. The van der Waals surface area contributed by atoms with Crippen molar-refractivity contribution in [2.75, 3.05) is 0 Å². The molecule has 42 heavy (non-hydrogen) atoms. The SMILES string of the molecule is c1ccc(-c2nc(-c3cccc4oc5cc(-c6ccc7ccccc7c6)ccc5c34)c3oc4ccccc4c3n2)cc1. The molecule has 0 atom stereocenters. The first-order valence-electron chi connectivity index (χ1n) is 14.0. The zero-order valence-corrected chi connectivity index (χ0v) is 22.4. The van der Waals surface area contributed by atoms with Gasteiger partial charge in [-0.3, -0.25) is 0 Å². The quantitative estimate of drug-likeness (QED) is 0.224. The monoisotopic (exact) mass is 538 g/mol. The topological polar surface area (TPSA) is 52.1 Å². The lowest BCUT2D eigenvalue weighted by Gasteiger charge is -2.08. The molecule has 0 amide bonds. The molecule has 0 unspecified atom stereocenters. The first-order chi connectivity index (χ1) is 20.8. The zero-order valence-electron chi connectivity index (χ0n) is 22.4. The average molecular weight is 539 g/mol. The molecule has 0 saturated carbocycles. The van der Waals surface area contributed by atoms with E-state index in [0.29, 0.717) is 11.4 Å². The van der Waals surface area contributed by atoms with Crippen molar-refractivity contribution in [1.82, 2.24) is 9.97 Å². The van der Waals surface area contributed by atoms with Crippen LogP contribution in [-0.2, 0) is 0 Å². The molecule has 196 valence electrons. The second-order valence-corrected chi connectivity index (χ2v) is 10.6. The molecule has 0 fully saturated rings. The minimum atomic E-state index is 0.660. The van der Waals surface area contributed by atoms with E-state index in [0.717, 1.165) is 66.4 Å². The molecular formula is C38H22N2O2. The molecule has 3 heterocycles. The predicted octanol–water partition coefficient (Wildman–Crippen LogP) is 10.4. The molecule has 0 aliphatic rings. The Bertz CT molecular complexity index is 2470. The summed E-state index contributed by atoms with van der Waals surface area (Å²) in [7, 11) is 0. The summed E-state index contributed by atoms with van der Waals surface area (Å²) in [5.74, 6) is 0.660. The fourth-order valence-electron chi connectivity index (χ4n) is 6.06. The Balaban J connectivity index is 1.29. The Kier molecular flexibility index (Phi) is 4.87. The number of hydrogen-bond acceptors (Lipinski definition) is 4. The maximum Gasteiger partial charge on any atom is 0.180 e. The molecule has 0 aliphatic carbocycles. The van der Waals surface area contributed by atoms with Crippen molar-refractivity contribution >= 4 is 54.8 Å². The smallest absolute Gasteiger partial charge is 0.180 e. The summed E-state index contributed by atoms with van der Waals surface area (Å²) in [6, 6.07) is 45.7. The van der Waals surface area contributed by atoms with E-state index in [1.54, 1.807) is 0 Å². The molecule has 0 bridgehead atoms. The first kappa shape index (κ1) is 23.0. The van der Waals surface area contributed by atoms with Crippen LogP contribution in [0.25, 0.3) is 88.6 Å². The lowest BCUT2D eigenvalue weighted by Crippen LogP contribution is -1.94. The van der Waals surface area contributed by atoms with Gasteiger partial charge in [-0.25, -0.2) is 9.97 Å². The second kappa shape index (κ2) is 8.88. The normalized spacial score (nSPS) is 11.8. The Morgan fingerprint density at radius 3 is 2.14 bits per heavy atom. The highest BCUT2D eigenvalue weighted by molar-refractivity contribution is 6.16. The van der Waals surface area contributed by atoms with Crippen LogP contribution in [0, 0.1) is 0 Å². The maximum absolute atomic E-state index is 6.48. The summed E-state index contributed by atoms with van der Waals surface area (Å²) in [5.41, 5.74) is 8.83. The van der Waals surface area contributed by atoms with Gasteiger partial charge in [-0.1, -0.05) is 97.1 Å². The van der Waals surface area contributed by atoms with Crippen LogP contribution in [0.5, 0.6) is 0 Å². The van der Waals surface area contributed by atoms with Gasteiger partial charge in [0.05, 0.1) is 0 Å².